The number of nitrogens with one attached hydrogen (secondary N) is 1. The van der Waals surface area contributed by atoms with Gasteiger partial charge >= 0.3 is 0 Å². The second-order valence-electron chi connectivity index (χ2n) is 8.66. The number of hydrogen-bond donors (Lipinski definition) is 2. The summed E-state index contributed by atoms with van der Waals surface area (Å²) in [6.07, 6.45) is 7.84. The predicted molar refractivity (Wildman–Crippen MR) is 144 cm³/mol. The van der Waals surface area contributed by atoms with E-state index < -0.39 is 0 Å². The second-order valence-corrected chi connectivity index (χ2v) is 8.66. The van der Waals surface area contributed by atoms with E-state index in [9.17, 15) is 4.79 Å². The zero-order valence-electron chi connectivity index (χ0n) is 19.2. The van der Waals surface area contributed by atoms with Crippen LogP contribution in [0.2, 0.25) is 0 Å². The maximum absolute atomic E-state index is 12.6. The number of nitrogens with two attached hydrogens (primary N) is 1. The standard InChI is InChI=1S/C29H29N3O.ClH/c30-24-11-7-10-23(20-24)29(33)31-17-19-32-18-6-5-14-27(32)28-25-12-3-1-8-21(25)15-16-22-9-2-4-13-26(22)28;/h1-4,7-13,15-16,20H,5-6,14,17-19,30H2,(H,31,33);1H. The first-order chi connectivity index (χ1) is 16.2. The maximum atomic E-state index is 12.6. The van der Waals surface area contributed by atoms with Crippen LogP contribution in [0.25, 0.3) is 17.7 Å². The van der Waals surface area contributed by atoms with Gasteiger partial charge in [-0.05, 0) is 59.7 Å². The molecule has 34 heavy (non-hydrogen) atoms. The summed E-state index contributed by atoms with van der Waals surface area (Å²) < 4.78 is 0. The minimum Gasteiger partial charge on any atom is -0.399 e. The van der Waals surface area contributed by atoms with Gasteiger partial charge in [-0.3, -0.25) is 4.79 Å². The lowest BCUT2D eigenvalue weighted by Crippen LogP contribution is -2.37. The van der Waals surface area contributed by atoms with Crippen molar-refractivity contribution in [2.75, 3.05) is 25.4 Å². The molecular formula is C29H30ClN3O. The van der Waals surface area contributed by atoms with E-state index in [0.717, 1.165) is 19.5 Å². The Labute approximate surface area is 207 Å². The first-order valence-corrected chi connectivity index (χ1v) is 11.7. The van der Waals surface area contributed by atoms with Crippen LogP contribution in [-0.2, 0) is 0 Å². The molecule has 0 bridgehead atoms. The number of allylic oxidation sites excluding steroid dienone is 1. The van der Waals surface area contributed by atoms with Crippen molar-refractivity contribution in [3.05, 3.63) is 106 Å². The van der Waals surface area contributed by atoms with Crippen molar-refractivity contribution in [2.45, 2.75) is 19.3 Å². The normalized spacial score (nSPS) is 14.5. The Kier molecular flexibility index (Phi) is 7.39. The van der Waals surface area contributed by atoms with E-state index >= 15 is 0 Å². The molecule has 174 valence electrons. The fraction of sp³-hybridized carbons (Fsp3) is 0.207. The van der Waals surface area contributed by atoms with Crippen molar-refractivity contribution in [2.24, 2.45) is 0 Å². The molecule has 5 rings (SSSR count). The summed E-state index contributed by atoms with van der Waals surface area (Å²) in [5, 5.41) is 3.08. The highest BCUT2D eigenvalue weighted by molar-refractivity contribution is 5.95. The highest BCUT2D eigenvalue weighted by Crippen LogP contribution is 2.39. The molecular weight excluding hydrogens is 442 g/mol. The van der Waals surface area contributed by atoms with Crippen LogP contribution in [0.5, 0.6) is 0 Å². The number of anilines is 1. The number of benzene rings is 3. The van der Waals surface area contributed by atoms with Crippen LogP contribution in [0.15, 0.2) is 78.5 Å². The molecule has 1 saturated heterocycles. The number of fused-ring (bicyclic) bond motifs is 2. The van der Waals surface area contributed by atoms with Crippen LogP contribution in [0, 0.1) is 0 Å². The van der Waals surface area contributed by atoms with Gasteiger partial charge in [-0.2, -0.15) is 0 Å². The molecule has 3 aromatic carbocycles. The summed E-state index contributed by atoms with van der Waals surface area (Å²) in [4.78, 5) is 15.1. The Bertz CT molecular complexity index is 1200. The number of nitrogen functional groups attached to an aromatic ring is 1. The van der Waals surface area contributed by atoms with E-state index in [2.05, 4.69) is 70.9 Å². The molecule has 1 heterocycles. The number of likely N-dealkylation sites (tertiary alicyclic amines) is 1. The van der Waals surface area contributed by atoms with Crippen molar-refractivity contribution in [1.82, 2.24) is 10.2 Å². The molecule has 1 fully saturated rings. The molecule has 0 spiro atoms. The predicted octanol–water partition coefficient (Wildman–Crippen LogP) is 5.85. The van der Waals surface area contributed by atoms with Crippen LogP contribution < -0.4 is 11.1 Å². The minimum absolute atomic E-state index is 0. The van der Waals surface area contributed by atoms with Gasteiger partial charge in [-0.1, -0.05) is 66.7 Å². The van der Waals surface area contributed by atoms with Crippen molar-refractivity contribution < 1.29 is 4.79 Å². The first kappa shape index (κ1) is 23.7. The summed E-state index contributed by atoms with van der Waals surface area (Å²) in [6, 6.07) is 24.4. The number of amides is 1. The fourth-order valence-electron chi connectivity index (χ4n) is 4.88. The van der Waals surface area contributed by atoms with Crippen molar-refractivity contribution in [3.63, 3.8) is 0 Å². The van der Waals surface area contributed by atoms with Gasteiger partial charge in [0.1, 0.15) is 0 Å². The van der Waals surface area contributed by atoms with E-state index in [4.69, 9.17) is 5.73 Å². The Morgan fingerprint density at radius 3 is 2.24 bits per heavy atom. The molecule has 0 atom stereocenters. The average molecular weight is 472 g/mol. The lowest BCUT2D eigenvalue weighted by molar-refractivity contribution is 0.0949. The average Bonchev–Trinajstić information content (AvgIpc) is 3.01. The number of halogens is 1. The Hall–Kier alpha value is -3.50. The Morgan fingerprint density at radius 2 is 1.56 bits per heavy atom. The van der Waals surface area contributed by atoms with Crippen LogP contribution in [0.4, 0.5) is 5.69 Å². The number of piperidine rings is 1. The topological polar surface area (TPSA) is 58.4 Å². The molecule has 1 aliphatic carbocycles. The van der Waals surface area contributed by atoms with Gasteiger partial charge in [0, 0.05) is 42.2 Å². The number of carbonyl (C=O) groups excluding carboxylic acids is 1. The van der Waals surface area contributed by atoms with Crippen LogP contribution in [-0.4, -0.2) is 30.4 Å². The smallest absolute Gasteiger partial charge is 0.251 e. The highest BCUT2D eigenvalue weighted by Gasteiger charge is 2.24. The first-order valence-electron chi connectivity index (χ1n) is 11.7. The molecule has 1 amide bonds. The monoisotopic (exact) mass is 471 g/mol. The van der Waals surface area contributed by atoms with Gasteiger partial charge < -0.3 is 16.0 Å². The van der Waals surface area contributed by atoms with Gasteiger partial charge in [-0.25, -0.2) is 0 Å². The molecule has 0 saturated carbocycles. The van der Waals surface area contributed by atoms with E-state index in [-0.39, 0.29) is 18.3 Å². The molecule has 2 aliphatic rings. The number of carbonyl (C=O) groups is 1. The third-order valence-corrected chi connectivity index (χ3v) is 6.48. The summed E-state index contributed by atoms with van der Waals surface area (Å²) in [5.41, 5.74) is 14.8. The van der Waals surface area contributed by atoms with Gasteiger partial charge in [0.25, 0.3) is 5.91 Å². The SMILES string of the molecule is Cl.Nc1cccc(C(=O)NCCN2CCCCC2=C2c3ccccc3C=Cc3ccccc32)c1. The highest BCUT2D eigenvalue weighted by atomic mass is 35.5. The number of hydrogen-bond acceptors (Lipinski definition) is 3. The summed E-state index contributed by atoms with van der Waals surface area (Å²) in [7, 11) is 0. The van der Waals surface area contributed by atoms with Crippen molar-refractivity contribution >= 4 is 41.7 Å². The number of nitrogens with zero attached hydrogens (tertiary/aromatic N) is 1. The van der Waals surface area contributed by atoms with E-state index in [1.54, 1.807) is 18.2 Å². The van der Waals surface area contributed by atoms with Gasteiger partial charge in [0.15, 0.2) is 0 Å². The summed E-state index contributed by atoms with van der Waals surface area (Å²) >= 11 is 0. The van der Waals surface area contributed by atoms with Gasteiger partial charge in [0.2, 0.25) is 0 Å². The Morgan fingerprint density at radius 1 is 0.882 bits per heavy atom. The van der Waals surface area contributed by atoms with Crippen molar-refractivity contribution in [3.8, 4) is 0 Å². The molecule has 3 N–H and O–H groups in total. The van der Waals surface area contributed by atoms with E-state index in [0.29, 0.717) is 17.8 Å². The molecule has 0 radical (unpaired) electrons. The largest absolute Gasteiger partial charge is 0.399 e. The molecule has 4 nitrogen and oxygen atoms in total. The molecule has 5 heteroatoms. The zero-order chi connectivity index (χ0) is 22.6. The third kappa shape index (κ3) is 4.87. The minimum atomic E-state index is -0.0807. The Balaban J connectivity index is 0.00000274. The second kappa shape index (κ2) is 10.6. The molecule has 1 aliphatic heterocycles. The fourth-order valence-corrected chi connectivity index (χ4v) is 4.88. The molecule has 3 aromatic rings. The summed E-state index contributed by atoms with van der Waals surface area (Å²) in [5.74, 6) is -0.0807. The van der Waals surface area contributed by atoms with Crippen LogP contribution >= 0.6 is 12.4 Å². The van der Waals surface area contributed by atoms with Crippen LogP contribution in [0.1, 0.15) is 51.9 Å². The lowest BCUT2D eigenvalue weighted by atomic mass is 9.89. The van der Waals surface area contributed by atoms with E-state index in [1.165, 1.54) is 46.4 Å². The maximum Gasteiger partial charge on any atom is 0.251 e. The molecule has 0 aromatic heterocycles. The quantitative estimate of drug-likeness (QED) is 0.367. The van der Waals surface area contributed by atoms with Crippen molar-refractivity contribution in [1.29, 1.82) is 0 Å². The van der Waals surface area contributed by atoms with Gasteiger partial charge in [-0.15, -0.1) is 12.4 Å². The molecule has 0 unspecified atom stereocenters. The lowest BCUT2D eigenvalue weighted by Gasteiger charge is -2.34. The van der Waals surface area contributed by atoms with Crippen LogP contribution in [0.3, 0.4) is 0 Å². The zero-order valence-corrected chi connectivity index (χ0v) is 20.0. The third-order valence-electron chi connectivity index (χ3n) is 6.48. The number of rotatable bonds is 4. The van der Waals surface area contributed by atoms with E-state index in [1.807, 2.05) is 6.07 Å². The van der Waals surface area contributed by atoms with Gasteiger partial charge in [0.05, 0.1) is 0 Å². The summed E-state index contributed by atoms with van der Waals surface area (Å²) in [6.45, 7) is 2.38.